The standard InChI is InChI=1S/C18H20FNO3/c1-3-10-22-14-5-7-15(8-6-14)23-12-18(21)20-17-9-4-13(2)11-16(17)19/h4-9,11H,3,10,12H2,1-2H3,(H,20,21). The molecule has 122 valence electrons. The number of nitrogens with one attached hydrogen (secondary N) is 1. The average molecular weight is 317 g/mol. The van der Waals surface area contributed by atoms with Crippen molar-refractivity contribution >= 4 is 11.6 Å². The molecule has 0 saturated carbocycles. The number of aryl methyl sites for hydroxylation is 1. The van der Waals surface area contributed by atoms with Gasteiger partial charge in [-0.25, -0.2) is 4.39 Å². The summed E-state index contributed by atoms with van der Waals surface area (Å²) in [6.07, 6.45) is 0.938. The second-order valence-corrected chi connectivity index (χ2v) is 5.14. The molecule has 0 saturated heterocycles. The number of hydrogen-bond acceptors (Lipinski definition) is 3. The van der Waals surface area contributed by atoms with Gasteiger partial charge in [0.2, 0.25) is 0 Å². The number of carbonyl (C=O) groups is 1. The normalized spacial score (nSPS) is 10.2. The predicted molar refractivity (Wildman–Crippen MR) is 87.5 cm³/mol. The Kier molecular flexibility index (Phi) is 5.97. The van der Waals surface area contributed by atoms with Crippen molar-refractivity contribution in [2.45, 2.75) is 20.3 Å². The van der Waals surface area contributed by atoms with E-state index in [0.717, 1.165) is 17.7 Å². The van der Waals surface area contributed by atoms with Crippen LogP contribution in [-0.2, 0) is 4.79 Å². The maximum Gasteiger partial charge on any atom is 0.262 e. The zero-order valence-corrected chi connectivity index (χ0v) is 13.3. The van der Waals surface area contributed by atoms with E-state index in [2.05, 4.69) is 5.32 Å². The molecule has 5 heteroatoms. The van der Waals surface area contributed by atoms with Crippen molar-refractivity contribution in [2.24, 2.45) is 0 Å². The van der Waals surface area contributed by atoms with Crippen LogP contribution in [0.1, 0.15) is 18.9 Å². The van der Waals surface area contributed by atoms with Crippen LogP contribution in [0.2, 0.25) is 0 Å². The lowest BCUT2D eigenvalue weighted by Gasteiger charge is -2.09. The van der Waals surface area contributed by atoms with Crippen LogP contribution in [0.25, 0.3) is 0 Å². The fourth-order valence-corrected chi connectivity index (χ4v) is 1.91. The van der Waals surface area contributed by atoms with E-state index >= 15 is 0 Å². The highest BCUT2D eigenvalue weighted by Crippen LogP contribution is 2.18. The molecule has 0 heterocycles. The monoisotopic (exact) mass is 317 g/mol. The lowest BCUT2D eigenvalue weighted by atomic mass is 10.2. The van der Waals surface area contributed by atoms with Crippen LogP contribution in [0.15, 0.2) is 42.5 Å². The Morgan fingerprint density at radius 3 is 2.35 bits per heavy atom. The van der Waals surface area contributed by atoms with E-state index in [9.17, 15) is 9.18 Å². The van der Waals surface area contributed by atoms with Crippen molar-refractivity contribution in [1.29, 1.82) is 0 Å². The van der Waals surface area contributed by atoms with E-state index < -0.39 is 11.7 Å². The Morgan fingerprint density at radius 2 is 1.74 bits per heavy atom. The Bertz CT molecular complexity index is 656. The number of amides is 1. The Balaban J connectivity index is 1.84. The van der Waals surface area contributed by atoms with Crippen molar-refractivity contribution in [3.8, 4) is 11.5 Å². The molecule has 4 nitrogen and oxygen atoms in total. The van der Waals surface area contributed by atoms with Gasteiger partial charge in [0.05, 0.1) is 12.3 Å². The third-order valence-electron chi connectivity index (χ3n) is 3.07. The summed E-state index contributed by atoms with van der Waals surface area (Å²) in [4.78, 5) is 11.8. The van der Waals surface area contributed by atoms with Crippen LogP contribution in [0, 0.1) is 12.7 Å². The minimum atomic E-state index is -0.462. The second kappa shape index (κ2) is 8.17. The SMILES string of the molecule is CCCOc1ccc(OCC(=O)Nc2ccc(C)cc2F)cc1. The molecule has 0 radical (unpaired) electrons. The van der Waals surface area contributed by atoms with Gasteiger partial charge in [-0.1, -0.05) is 13.0 Å². The minimum Gasteiger partial charge on any atom is -0.494 e. The lowest BCUT2D eigenvalue weighted by Crippen LogP contribution is -2.20. The third-order valence-corrected chi connectivity index (χ3v) is 3.07. The molecule has 0 fully saturated rings. The first-order valence-electron chi connectivity index (χ1n) is 7.50. The van der Waals surface area contributed by atoms with E-state index in [1.807, 2.05) is 6.92 Å². The average Bonchev–Trinajstić information content (AvgIpc) is 2.54. The van der Waals surface area contributed by atoms with Crippen LogP contribution in [0.3, 0.4) is 0 Å². The number of anilines is 1. The first-order valence-corrected chi connectivity index (χ1v) is 7.50. The van der Waals surface area contributed by atoms with Crippen molar-refractivity contribution < 1.29 is 18.7 Å². The molecule has 2 aromatic carbocycles. The third kappa shape index (κ3) is 5.29. The van der Waals surface area contributed by atoms with E-state index in [1.165, 1.54) is 12.1 Å². The molecule has 0 aliphatic carbocycles. The topological polar surface area (TPSA) is 47.6 Å². The molecular formula is C18H20FNO3. The molecule has 0 bridgehead atoms. The fraction of sp³-hybridized carbons (Fsp3) is 0.278. The van der Waals surface area contributed by atoms with Gasteiger partial charge in [0.15, 0.2) is 6.61 Å². The first-order chi connectivity index (χ1) is 11.1. The van der Waals surface area contributed by atoms with Crippen molar-refractivity contribution in [3.63, 3.8) is 0 Å². The van der Waals surface area contributed by atoms with Gasteiger partial charge in [-0.3, -0.25) is 4.79 Å². The second-order valence-electron chi connectivity index (χ2n) is 5.14. The maximum absolute atomic E-state index is 13.7. The number of ether oxygens (including phenoxy) is 2. The Labute approximate surface area is 135 Å². The molecule has 1 amide bonds. The van der Waals surface area contributed by atoms with E-state index in [1.54, 1.807) is 37.3 Å². The molecule has 2 rings (SSSR count). The van der Waals surface area contributed by atoms with Gasteiger partial charge in [0.1, 0.15) is 17.3 Å². The molecule has 0 aromatic heterocycles. The summed E-state index contributed by atoms with van der Waals surface area (Å²) in [5.74, 6) is 0.425. The van der Waals surface area contributed by atoms with Crippen LogP contribution in [-0.4, -0.2) is 19.1 Å². The molecule has 1 N–H and O–H groups in total. The van der Waals surface area contributed by atoms with E-state index in [-0.39, 0.29) is 12.3 Å². The zero-order valence-electron chi connectivity index (χ0n) is 13.3. The molecule has 0 aliphatic rings. The summed E-state index contributed by atoms with van der Waals surface area (Å²) in [5, 5.41) is 2.48. The maximum atomic E-state index is 13.7. The molecular weight excluding hydrogens is 297 g/mol. The van der Waals surface area contributed by atoms with Gasteiger partial charge in [-0.2, -0.15) is 0 Å². The van der Waals surface area contributed by atoms with Crippen LogP contribution in [0.4, 0.5) is 10.1 Å². The smallest absolute Gasteiger partial charge is 0.262 e. The Morgan fingerprint density at radius 1 is 1.09 bits per heavy atom. The quantitative estimate of drug-likeness (QED) is 0.841. The highest BCUT2D eigenvalue weighted by atomic mass is 19.1. The summed E-state index contributed by atoms with van der Waals surface area (Å²) in [5.41, 5.74) is 0.939. The molecule has 0 aliphatic heterocycles. The van der Waals surface area contributed by atoms with Gasteiger partial charge >= 0.3 is 0 Å². The molecule has 2 aromatic rings. The summed E-state index contributed by atoms with van der Waals surface area (Å²) < 4.78 is 24.5. The van der Waals surface area contributed by atoms with Crippen LogP contribution < -0.4 is 14.8 Å². The summed E-state index contributed by atoms with van der Waals surface area (Å²) >= 11 is 0. The van der Waals surface area contributed by atoms with Crippen molar-refractivity contribution in [3.05, 3.63) is 53.8 Å². The lowest BCUT2D eigenvalue weighted by molar-refractivity contribution is -0.118. The molecule has 23 heavy (non-hydrogen) atoms. The minimum absolute atomic E-state index is 0.146. The highest BCUT2D eigenvalue weighted by Gasteiger charge is 2.08. The van der Waals surface area contributed by atoms with Gasteiger partial charge in [0, 0.05) is 0 Å². The predicted octanol–water partition coefficient (Wildman–Crippen LogP) is 3.94. The number of benzene rings is 2. The van der Waals surface area contributed by atoms with Crippen LogP contribution in [0.5, 0.6) is 11.5 Å². The Hall–Kier alpha value is -2.56. The molecule has 0 unspecified atom stereocenters. The van der Waals surface area contributed by atoms with Gasteiger partial charge in [-0.05, 0) is 55.3 Å². The number of hydrogen-bond donors (Lipinski definition) is 1. The van der Waals surface area contributed by atoms with E-state index in [0.29, 0.717) is 12.4 Å². The summed E-state index contributed by atoms with van der Waals surface area (Å²) in [6.45, 7) is 4.28. The fourth-order valence-electron chi connectivity index (χ4n) is 1.91. The zero-order chi connectivity index (χ0) is 16.7. The number of halogens is 1. The van der Waals surface area contributed by atoms with Crippen molar-refractivity contribution in [1.82, 2.24) is 0 Å². The summed E-state index contributed by atoms with van der Waals surface area (Å²) in [7, 11) is 0. The number of rotatable bonds is 7. The van der Waals surface area contributed by atoms with Gasteiger partial charge in [-0.15, -0.1) is 0 Å². The molecule has 0 atom stereocenters. The molecule has 0 spiro atoms. The van der Waals surface area contributed by atoms with Crippen molar-refractivity contribution in [2.75, 3.05) is 18.5 Å². The van der Waals surface area contributed by atoms with E-state index in [4.69, 9.17) is 9.47 Å². The number of carbonyl (C=O) groups excluding carboxylic acids is 1. The summed E-state index contributed by atoms with van der Waals surface area (Å²) in [6, 6.07) is 11.6. The highest BCUT2D eigenvalue weighted by molar-refractivity contribution is 5.92. The van der Waals surface area contributed by atoms with Gasteiger partial charge in [0.25, 0.3) is 5.91 Å². The first kappa shape index (κ1) is 16.8. The van der Waals surface area contributed by atoms with Gasteiger partial charge < -0.3 is 14.8 Å². The largest absolute Gasteiger partial charge is 0.494 e. The van der Waals surface area contributed by atoms with Crippen LogP contribution >= 0.6 is 0 Å².